The van der Waals surface area contributed by atoms with Gasteiger partial charge in [-0.25, -0.2) is 8.78 Å². The highest BCUT2D eigenvalue weighted by Crippen LogP contribution is 2.36. The Kier molecular flexibility index (Phi) is 12.2. The lowest BCUT2D eigenvalue weighted by atomic mass is 9.94. The van der Waals surface area contributed by atoms with E-state index >= 15 is 0 Å². The summed E-state index contributed by atoms with van der Waals surface area (Å²) >= 11 is 0. The highest BCUT2D eigenvalue weighted by Gasteiger charge is 2.37. The number of carbonyl (C=O) groups is 1. The average Bonchev–Trinajstić information content (AvgIpc) is 3.04. The van der Waals surface area contributed by atoms with Crippen LogP contribution in [0.2, 0.25) is 0 Å². The van der Waals surface area contributed by atoms with Crippen molar-refractivity contribution in [3.05, 3.63) is 70.8 Å². The van der Waals surface area contributed by atoms with Gasteiger partial charge >= 0.3 is 6.18 Å². The molecule has 0 radical (unpaired) electrons. The topological polar surface area (TPSA) is 30.0 Å². The molecule has 1 amide bonds. The number of hydrogen-bond acceptors (Lipinski definition) is 4. The van der Waals surface area contributed by atoms with Gasteiger partial charge in [-0.3, -0.25) is 14.4 Å². The van der Waals surface area contributed by atoms with Gasteiger partial charge in [0, 0.05) is 51.3 Å². The third kappa shape index (κ3) is 9.04. The maximum atomic E-state index is 14.0. The van der Waals surface area contributed by atoms with Crippen molar-refractivity contribution >= 4 is 5.91 Å². The number of piperidine rings is 3. The van der Waals surface area contributed by atoms with Gasteiger partial charge in [-0.2, -0.15) is 13.2 Å². The van der Waals surface area contributed by atoms with Gasteiger partial charge in [0.25, 0.3) is 5.92 Å². The van der Waals surface area contributed by atoms with Crippen LogP contribution in [-0.2, 0) is 23.3 Å². The number of benzene rings is 2. The summed E-state index contributed by atoms with van der Waals surface area (Å²) in [5.41, 5.74) is -0.780. The number of halogens is 6. The largest absolute Gasteiger partial charge is 0.416 e. The van der Waals surface area contributed by atoms with Crippen molar-refractivity contribution in [1.82, 2.24) is 19.6 Å². The van der Waals surface area contributed by atoms with Crippen LogP contribution in [0.25, 0.3) is 0 Å². The van der Waals surface area contributed by atoms with Crippen molar-refractivity contribution in [1.29, 1.82) is 0 Å². The first-order valence-corrected chi connectivity index (χ1v) is 16.5. The lowest BCUT2D eigenvalue weighted by molar-refractivity contribution is -0.138. The maximum absolute atomic E-state index is 14.0. The zero-order chi connectivity index (χ0) is 32.2. The molecule has 5 nitrogen and oxygen atoms in total. The SMILES string of the molecule is CN(CCc1cc(C(C)(F)F)cc(C(F)(F)F)c1)C(=O)C(c1ccccc1)N1CCC(N2CCC(N3CCCCC3)CC2)CC1.F. The first-order valence-electron chi connectivity index (χ1n) is 16.5. The molecular weight excluding hydrogens is 606 g/mol. The molecule has 256 valence electrons. The summed E-state index contributed by atoms with van der Waals surface area (Å²) in [5.74, 6) is -3.55. The average molecular weight is 655 g/mol. The van der Waals surface area contributed by atoms with Gasteiger partial charge in [0.2, 0.25) is 5.91 Å². The summed E-state index contributed by atoms with van der Waals surface area (Å²) in [6, 6.07) is 12.8. The zero-order valence-electron chi connectivity index (χ0n) is 27.0. The van der Waals surface area contributed by atoms with E-state index in [9.17, 15) is 26.7 Å². The number of nitrogens with zero attached hydrogens (tertiary/aromatic N) is 4. The van der Waals surface area contributed by atoms with Crippen molar-refractivity contribution in [3.8, 4) is 0 Å². The minimum atomic E-state index is -4.74. The fourth-order valence-electron chi connectivity index (χ4n) is 7.42. The molecule has 2 aromatic carbocycles. The van der Waals surface area contributed by atoms with Crippen LogP contribution in [0.5, 0.6) is 0 Å². The van der Waals surface area contributed by atoms with E-state index in [1.165, 1.54) is 50.1 Å². The second-order valence-corrected chi connectivity index (χ2v) is 13.3. The van der Waals surface area contributed by atoms with E-state index in [1.54, 1.807) is 7.05 Å². The maximum Gasteiger partial charge on any atom is 0.416 e. The Morgan fingerprint density at radius 2 is 1.35 bits per heavy atom. The molecule has 3 aliphatic heterocycles. The number of likely N-dealkylation sites (N-methyl/N-ethyl adjacent to an activating group) is 1. The molecule has 11 heteroatoms. The Bertz CT molecular complexity index is 1220. The minimum Gasteiger partial charge on any atom is -0.344 e. The van der Waals surface area contributed by atoms with Gasteiger partial charge in [-0.15, -0.1) is 0 Å². The molecule has 0 spiro atoms. The molecule has 1 atom stereocenters. The first kappa shape index (κ1) is 36.2. The molecule has 3 fully saturated rings. The van der Waals surface area contributed by atoms with Crippen LogP contribution in [-0.4, -0.2) is 90.5 Å². The molecule has 1 unspecified atom stereocenters. The third-order valence-electron chi connectivity index (χ3n) is 10.1. The molecule has 0 aliphatic carbocycles. The summed E-state index contributed by atoms with van der Waals surface area (Å²) in [6.45, 7) is 6.97. The van der Waals surface area contributed by atoms with Crippen molar-refractivity contribution in [2.24, 2.45) is 0 Å². The van der Waals surface area contributed by atoms with E-state index in [-0.39, 0.29) is 29.1 Å². The first-order chi connectivity index (χ1) is 21.4. The van der Waals surface area contributed by atoms with Crippen LogP contribution in [0.4, 0.5) is 26.7 Å². The van der Waals surface area contributed by atoms with Crippen LogP contribution in [0.1, 0.15) is 80.2 Å². The van der Waals surface area contributed by atoms with Gasteiger partial charge in [0.05, 0.1) is 5.56 Å². The molecule has 3 aliphatic rings. The Hall–Kier alpha value is -2.63. The van der Waals surface area contributed by atoms with Gasteiger partial charge in [0.1, 0.15) is 6.04 Å². The normalized spacial score (nSPS) is 20.7. The summed E-state index contributed by atoms with van der Waals surface area (Å²) in [5, 5.41) is 0. The number of alkyl halides is 5. The summed E-state index contributed by atoms with van der Waals surface area (Å²) < 4.78 is 68.5. The zero-order valence-corrected chi connectivity index (χ0v) is 27.0. The van der Waals surface area contributed by atoms with Crippen LogP contribution in [0.3, 0.4) is 0 Å². The minimum absolute atomic E-state index is 0. The van der Waals surface area contributed by atoms with Crippen molar-refractivity contribution in [3.63, 3.8) is 0 Å². The number of likely N-dealkylation sites (tertiary alicyclic amines) is 3. The van der Waals surface area contributed by atoms with Gasteiger partial charge in [-0.1, -0.05) is 36.8 Å². The van der Waals surface area contributed by atoms with Crippen LogP contribution < -0.4 is 0 Å². The van der Waals surface area contributed by atoms with E-state index < -0.39 is 29.3 Å². The standard InChI is InChI=1S/C35H47F5N4O.FH/c1-34(36,37)28-23-26(24-29(25-28)35(38,39)40)11-18-41(2)33(45)32(27-9-5-3-6-10-27)44-21-14-31(15-22-44)43-19-12-30(13-20-43)42-16-7-4-8-17-42;/h3,5-6,9-10,23-25,30-32H,4,7-8,11-22H2,1-2H3;1H. The molecule has 0 aromatic heterocycles. The van der Waals surface area contributed by atoms with E-state index in [0.717, 1.165) is 56.7 Å². The summed E-state index contributed by atoms with van der Waals surface area (Å²) in [7, 11) is 1.64. The lowest BCUT2D eigenvalue weighted by Crippen LogP contribution is -2.53. The van der Waals surface area contributed by atoms with Crippen molar-refractivity contribution < 1.29 is 31.5 Å². The number of amides is 1. The molecule has 3 saturated heterocycles. The third-order valence-corrected chi connectivity index (χ3v) is 10.1. The lowest BCUT2D eigenvalue weighted by Gasteiger charge is -2.46. The molecule has 2 aromatic rings. The van der Waals surface area contributed by atoms with Crippen LogP contribution >= 0.6 is 0 Å². The highest BCUT2D eigenvalue weighted by atomic mass is 19.4. The van der Waals surface area contributed by atoms with E-state index in [1.807, 2.05) is 30.3 Å². The molecular formula is C35H48F6N4O. The predicted octanol–water partition coefficient (Wildman–Crippen LogP) is 7.13. The second-order valence-electron chi connectivity index (χ2n) is 13.3. The predicted molar refractivity (Wildman–Crippen MR) is 169 cm³/mol. The molecule has 3 heterocycles. The Morgan fingerprint density at radius 1 is 0.804 bits per heavy atom. The number of rotatable bonds is 9. The molecule has 46 heavy (non-hydrogen) atoms. The van der Waals surface area contributed by atoms with E-state index in [4.69, 9.17) is 0 Å². The van der Waals surface area contributed by atoms with Crippen molar-refractivity contribution in [2.75, 3.05) is 52.9 Å². The monoisotopic (exact) mass is 654 g/mol. The van der Waals surface area contributed by atoms with Gasteiger partial charge < -0.3 is 14.7 Å². The molecule has 0 saturated carbocycles. The Morgan fingerprint density at radius 3 is 1.91 bits per heavy atom. The molecule has 0 N–H and O–H groups in total. The second kappa shape index (κ2) is 15.5. The Labute approximate surface area is 269 Å². The number of hydrogen-bond donors (Lipinski definition) is 0. The fraction of sp³-hybridized carbons (Fsp3) is 0.629. The highest BCUT2D eigenvalue weighted by molar-refractivity contribution is 5.83. The summed E-state index contributed by atoms with van der Waals surface area (Å²) in [4.78, 5) is 23.1. The van der Waals surface area contributed by atoms with Gasteiger partial charge in [-0.05, 0) is 100 Å². The van der Waals surface area contributed by atoms with Crippen LogP contribution in [0.15, 0.2) is 48.5 Å². The van der Waals surface area contributed by atoms with Crippen LogP contribution in [0, 0.1) is 0 Å². The smallest absolute Gasteiger partial charge is 0.344 e. The molecule has 5 rings (SSSR count). The quantitative estimate of drug-likeness (QED) is 0.270. The van der Waals surface area contributed by atoms with E-state index in [0.29, 0.717) is 25.1 Å². The molecule has 0 bridgehead atoms. The fourth-order valence-corrected chi connectivity index (χ4v) is 7.42. The number of carbonyl (C=O) groups excluding carboxylic acids is 1. The summed E-state index contributed by atoms with van der Waals surface area (Å²) in [6.07, 6.45) is 3.68. The van der Waals surface area contributed by atoms with E-state index in [2.05, 4.69) is 14.7 Å². The van der Waals surface area contributed by atoms with Gasteiger partial charge in [0.15, 0.2) is 0 Å². The van der Waals surface area contributed by atoms with Crippen molar-refractivity contribution in [2.45, 2.75) is 88.5 Å². The Balaban J connectivity index is 0.00000480.